The summed E-state index contributed by atoms with van der Waals surface area (Å²) in [6, 6.07) is -0.198. The number of hydrogen-bond donors (Lipinski definition) is 5. The maximum absolute atomic E-state index is 11.7. The van der Waals surface area contributed by atoms with Gasteiger partial charge in [0.25, 0.3) is 0 Å². The second-order valence-corrected chi connectivity index (χ2v) is 7.43. The average Bonchev–Trinajstić information content (AvgIpc) is 3.47. The van der Waals surface area contributed by atoms with Crippen molar-refractivity contribution < 1.29 is 24.5 Å². The molecule has 12 heteroatoms. The van der Waals surface area contributed by atoms with E-state index in [9.17, 15) is 15.0 Å². The van der Waals surface area contributed by atoms with Gasteiger partial charge >= 0.3 is 6.03 Å². The van der Waals surface area contributed by atoms with Gasteiger partial charge < -0.3 is 35.6 Å². The van der Waals surface area contributed by atoms with E-state index in [1.807, 2.05) is 6.92 Å². The number of carbonyl (C=O) groups is 1. The summed E-state index contributed by atoms with van der Waals surface area (Å²) in [5.74, 6) is 0.577. The van der Waals surface area contributed by atoms with Gasteiger partial charge in [0.05, 0.1) is 19.0 Å². The molecule has 4 heterocycles. The number of aliphatic hydroxyl groups excluding tert-OH is 2. The third-order valence-corrected chi connectivity index (χ3v) is 5.24. The number of fused-ring (bicyclic) bond motifs is 1. The lowest BCUT2D eigenvalue weighted by molar-refractivity contribution is -0.0335. The van der Waals surface area contributed by atoms with Crippen LogP contribution in [0.2, 0.25) is 0 Å². The van der Waals surface area contributed by atoms with Crippen molar-refractivity contribution in [1.29, 1.82) is 0 Å². The van der Waals surface area contributed by atoms with Crippen molar-refractivity contribution in [3.05, 3.63) is 12.7 Å². The molecule has 164 valence electrons. The van der Waals surface area contributed by atoms with Crippen molar-refractivity contribution in [3.8, 4) is 0 Å². The average molecular weight is 421 g/mol. The molecule has 2 amide bonds. The van der Waals surface area contributed by atoms with Gasteiger partial charge in [-0.1, -0.05) is 6.92 Å². The van der Waals surface area contributed by atoms with Crippen molar-refractivity contribution in [1.82, 2.24) is 30.2 Å². The molecule has 0 radical (unpaired) electrons. The number of rotatable bonds is 7. The SMILES string of the molecule is CCCNC(=O)NC[C@H]1O[C@@H](n2cnc3c(N[C@@H]4CCOC4)ncnc32)[C@H](O)[C@@H]1O. The normalized spacial score (nSPS) is 28.7. The Balaban J connectivity index is 1.47. The van der Waals surface area contributed by atoms with E-state index in [2.05, 4.69) is 30.9 Å². The zero-order valence-electron chi connectivity index (χ0n) is 16.7. The van der Waals surface area contributed by atoms with Gasteiger partial charge in [-0.2, -0.15) is 0 Å². The molecule has 0 saturated carbocycles. The minimum atomic E-state index is -1.21. The van der Waals surface area contributed by atoms with Gasteiger partial charge in [0, 0.05) is 19.7 Å². The van der Waals surface area contributed by atoms with Gasteiger partial charge in [-0.05, 0) is 12.8 Å². The molecule has 2 aliphatic heterocycles. The highest BCUT2D eigenvalue weighted by Crippen LogP contribution is 2.32. The van der Waals surface area contributed by atoms with Crippen molar-refractivity contribution in [2.75, 3.05) is 31.6 Å². The molecule has 2 aliphatic rings. The Labute approximate surface area is 173 Å². The maximum atomic E-state index is 11.7. The number of aromatic nitrogens is 4. The van der Waals surface area contributed by atoms with Gasteiger partial charge in [0.15, 0.2) is 23.2 Å². The van der Waals surface area contributed by atoms with Crippen LogP contribution in [0.3, 0.4) is 0 Å². The molecule has 2 aromatic rings. The van der Waals surface area contributed by atoms with Crippen LogP contribution in [0.1, 0.15) is 26.0 Å². The zero-order chi connectivity index (χ0) is 21.1. The van der Waals surface area contributed by atoms with Crippen molar-refractivity contribution in [2.45, 2.75) is 50.3 Å². The Morgan fingerprint density at radius 1 is 1.27 bits per heavy atom. The number of nitrogens with zero attached hydrogens (tertiary/aromatic N) is 4. The molecule has 0 aliphatic carbocycles. The maximum Gasteiger partial charge on any atom is 0.314 e. The summed E-state index contributed by atoms with van der Waals surface area (Å²) in [6.07, 6.45) is 0.558. The Kier molecular flexibility index (Phi) is 6.27. The number of nitrogens with one attached hydrogen (secondary N) is 3. The highest BCUT2D eigenvalue weighted by molar-refractivity contribution is 5.82. The number of imidazole rings is 1. The smallest absolute Gasteiger partial charge is 0.314 e. The summed E-state index contributed by atoms with van der Waals surface area (Å²) in [7, 11) is 0. The summed E-state index contributed by atoms with van der Waals surface area (Å²) in [4.78, 5) is 24.7. The van der Waals surface area contributed by atoms with Gasteiger partial charge in [-0.25, -0.2) is 19.7 Å². The van der Waals surface area contributed by atoms with Crippen molar-refractivity contribution in [2.24, 2.45) is 0 Å². The highest BCUT2D eigenvalue weighted by atomic mass is 16.6. The molecule has 2 saturated heterocycles. The predicted octanol–water partition coefficient (Wildman–Crippen LogP) is -0.644. The van der Waals surface area contributed by atoms with E-state index >= 15 is 0 Å². The van der Waals surface area contributed by atoms with Crippen LogP contribution in [-0.2, 0) is 9.47 Å². The standard InChI is InChI=1S/C18H27N7O5/c1-2-4-19-18(28)20-6-11-13(26)14(27)17(30-11)25-9-23-12-15(21-8-22-16(12)25)24-10-3-5-29-7-10/h8-11,13-14,17,26-27H,2-7H2,1H3,(H2,19,20,28)(H,21,22,24)/t10-,11-,13-,14-,17-/m1/s1. The number of hydrogen-bond acceptors (Lipinski definition) is 9. The van der Waals surface area contributed by atoms with E-state index in [0.29, 0.717) is 36.7 Å². The molecule has 0 aromatic carbocycles. The Bertz CT molecular complexity index is 872. The third kappa shape index (κ3) is 4.17. The van der Waals surface area contributed by atoms with Crippen LogP contribution >= 0.6 is 0 Å². The highest BCUT2D eigenvalue weighted by Gasteiger charge is 2.44. The van der Waals surface area contributed by atoms with Crippen LogP contribution in [0.15, 0.2) is 12.7 Å². The van der Waals surface area contributed by atoms with E-state index in [4.69, 9.17) is 9.47 Å². The second kappa shape index (κ2) is 9.08. The Hall–Kier alpha value is -2.54. The van der Waals surface area contributed by atoms with Crippen molar-refractivity contribution in [3.63, 3.8) is 0 Å². The molecule has 0 bridgehead atoms. The van der Waals surface area contributed by atoms with E-state index in [-0.39, 0.29) is 18.6 Å². The molecule has 4 rings (SSSR count). The molecule has 5 atom stereocenters. The number of ether oxygens (including phenoxy) is 2. The van der Waals surface area contributed by atoms with Gasteiger partial charge in [-0.3, -0.25) is 4.57 Å². The first kappa shape index (κ1) is 20.7. The molecule has 0 unspecified atom stereocenters. The predicted molar refractivity (Wildman–Crippen MR) is 106 cm³/mol. The first-order valence-corrected chi connectivity index (χ1v) is 10.1. The molecule has 2 fully saturated rings. The molecule has 30 heavy (non-hydrogen) atoms. The topological polar surface area (TPSA) is 156 Å². The number of urea groups is 1. The summed E-state index contributed by atoms with van der Waals surface area (Å²) >= 11 is 0. The minimum absolute atomic E-state index is 0.0559. The summed E-state index contributed by atoms with van der Waals surface area (Å²) in [5, 5.41) is 29.6. The largest absolute Gasteiger partial charge is 0.387 e. The molecule has 5 N–H and O–H groups in total. The minimum Gasteiger partial charge on any atom is -0.387 e. The summed E-state index contributed by atoms with van der Waals surface area (Å²) in [6.45, 7) is 3.86. The number of anilines is 1. The molecule has 0 spiro atoms. The number of aliphatic hydroxyl groups is 2. The first-order valence-electron chi connectivity index (χ1n) is 10.1. The van der Waals surface area contributed by atoms with Crippen molar-refractivity contribution >= 4 is 23.0 Å². The van der Waals surface area contributed by atoms with E-state index < -0.39 is 24.5 Å². The lowest BCUT2D eigenvalue weighted by Crippen LogP contribution is -2.43. The fourth-order valence-electron chi connectivity index (χ4n) is 3.61. The Morgan fingerprint density at radius 2 is 2.13 bits per heavy atom. The van der Waals surface area contributed by atoms with Gasteiger partial charge in [0.1, 0.15) is 24.6 Å². The summed E-state index contributed by atoms with van der Waals surface area (Å²) in [5.41, 5.74) is 1.01. The van der Waals surface area contributed by atoms with Crippen LogP contribution in [0.4, 0.5) is 10.6 Å². The lowest BCUT2D eigenvalue weighted by atomic mass is 10.1. The van der Waals surface area contributed by atoms with Crippen LogP contribution in [0.5, 0.6) is 0 Å². The van der Waals surface area contributed by atoms with E-state index in [0.717, 1.165) is 12.8 Å². The molecular weight excluding hydrogens is 394 g/mol. The summed E-state index contributed by atoms with van der Waals surface area (Å²) < 4.78 is 12.8. The van der Waals surface area contributed by atoms with Gasteiger partial charge in [-0.15, -0.1) is 0 Å². The molecular formula is C18H27N7O5. The fraction of sp³-hybridized carbons (Fsp3) is 0.667. The van der Waals surface area contributed by atoms with Crippen LogP contribution < -0.4 is 16.0 Å². The molecule has 2 aromatic heterocycles. The zero-order valence-corrected chi connectivity index (χ0v) is 16.7. The third-order valence-electron chi connectivity index (χ3n) is 5.24. The van der Waals surface area contributed by atoms with Gasteiger partial charge in [0.2, 0.25) is 0 Å². The quantitative estimate of drug-likeness (QED) is 0.392. The monoisotopic (exact) mass is 421 g/mol. The first-order chi connectivity index (χ1) is 14.6. The molecule has 12 nitrogen and oxygen atoms in total. The van der Waals surface area contributed by atoms with Crippen LogP contribution in [-0.4, -0.2) is 86.4 Å². The number of amides is 2. The van der Waals surface area contributed by atoms with E-state index in [1.54, 1.807) is 4.57 Å². The lowest BCUT2D eigenvalue weighted by Gasteiger charge is -2.17. The van der Waals surface area contributed by atoms with Crippen LogP contribution in [0.25, 0.3) is 11.2 Å². The number of carbonyl (C=O) groups excluding carboxylic acids is 1. The Morgan fingerprint density at radius 3 is 2.90 bits per heavy atom. The second-order valence-electron chi connectivity index (χ2n) is 7.43. The van der Waals surface area contributed by atoms with E-state index in [1.165, 1.54) is 12.7 Å². The van der Waals surface area contributed by atoms with Crippen LogP contribution in [0, 0.1) is 0 Å². The fourth-order valence-corrected chi connectivity index (χ4v) is 3.61.